The van der Waals surface area contributed by atoms with Crippen LogP contribution in [0.25, 0.3) is 0 Å². The maximum Gasteiger partial charge on any atom is 0.329 e. The van der Waals surface area contributed by atoms with Gasteiger partial charge in [0, 0.05) is 21.7 Å². The van der Waals surface area contributed by atoms with Crippen molar-refractivity contribution in [3.05, 3.63) is 117 Å². The fourth-order valence-corrected chi connectivity index (χ4v) is 5.48. The Bertz CT molecular complexity index is 1640. The van der Waals surface area contributed by atoms with Crippen molar-refractivity contribution in [3.8, 4) is 0 Å². The van der Waals surface area contributed by atoms with Crippen LogP contribution in [0.5, 0.6) is 0 Å². The predicted octanol–water partition coefficient (Wildman–Crippen LogP) is 5.48. The number of hydrazone groups is 1. The topological polar surface area (TPSA) is 121 Å². The molecule has 0 aliphatic heterocycles. The fourth-order valence-electron chi connectivity index (χ4n) is 3.56. The van der Waals surface area contributed by atoms with Gasteiger partial charge in [-0.3, -0.25) is 9.59 Å². The van der Waals surface area contributed by atoms with Crippen LogP contribution in [0, 0.1) is 6.92 Å². The third-order valence-corrected chi connectivity index (χ3v) is 8.14. The number of anilines is 1. The maximum atomic E-state index is 13.5. The number of benzene rings is 3. The lowest BCUT2D eigenvalue weighted by Gasteiger charge is -2.21. The number of aryl methyl sites for hydroxylation is 1. The summed E-state index contributed by atoms with van der Waals surface area (Å²) >= 11 is 9.24. The van der Waals surface area contributed by atoms with E-state index in [4.69, 9.17) is 16.0 Å². The van der Waals surface area contributed by atoms with Crippen molar-refractivity contribution >= 4 is 61.3 Å². The molecule has 9 nitrogen and oxygen atoms in total. The second-order valence-corrected chi connectivity index (χ2v) is 12.0. The molecule has 2 amide bonds. The van der Waals surface area contributed by atoms with E-state index in [-0.39, 0.29) is 23.7 Å². The first kappa shape index (κ1) is 29.2. The molecule has 0 radical (unpaired) electrons. The molecule has 0 saturated heterocycles. The number of furan rings is 1. The molecule has 0 aliphatic rings. The van der Waals surface area contributed by atoms with Gasteiger partial charge in [-0.25, -0.2) is 13.8 Å². The third kappa shape index (κ3) is 7.89. The molecule has 0 atom stereocenters. The standard InChI is InChI=1S/C28H24BrClN4O5S/c1-19-5-7-20(8-6-19)17-34(40(37,38)26-13-9-22(30)10-14-26)18-25-12-11-24(39-25)16-31-33-28(36)27(35)32-23-4-2-3-21(29)15-23/h2-16H,17-18H2,1H3,(H,32,35)(H,33,36)/b31-16+. The summed E-state index contributed by atoms with van der Waals surface area (Å²) in [7, 11) is -3.90. The predicted molar refractivity (Wildman–Crippen MR) is 156 cm³/mol. The number of carbonyl (C=O) groups excluding carboxylic acids is 2. The van der Waals surface area contributed by atoms with Crippen LogP contribution in [-0.4, -0.2) is 30.8 Å². The SMILES string of the molecule is Cc1ccc(CN(Cc2ccc(/C=N/NC(=O)C(=O)Nc3cccc(Br)c3)o2)S(=O)(=O)c2ccc(Cl)cc2)cc1. The average molecular weight is 644 g/mol. The summed E-state index contributed by atoms with van der Waals surface area (Å²) in [4.78, 5) is 24.3. The van der Waals surface area contributed by atoms with Crippen LogP contribution in [0.1, 0.15) is 22.6 Å². The summed E-state index contributed by atoms with van der Waals surface area (Å²) in [5.74, 6) is -1.26. The van der Waals surface area contributed by atoms with Crippen molar-refractivity contribution in [2.24, 2.45) is 5.10 Å². The van der Waals surface area contributed by atoms with Crippen LogP contribution >= 0.6 is 27.5 Å². The number of nitrogens with one attached hydrogen (secondary N) is 2. The Balaban J connectivity index is 1.44. The highest BCUT2D eigenvalue weighted by molar-refractivity contribution is 9.10. The lowest BCUT2D eigenvalue weighted by Crippen LogP contribution is -2.32. The minimum atomic E-state index is -3.90. The normalized spacial score (nSPS) is 11.6. The molecule has 1 aromatic heterocycles. The van der Waals surface area contributed by atoms with E-state index in [9.17, 15) is 18.0 Å². The molecule has 4 aromatic rings. The molecule has 12 heteroatoms. The zero-order chi connectivity index (χ0) is 28.7. The summed E-state index contributed by atoms with van der Waals surface area (Å²) in [6, 6.07) is 23.5. The lowest BCUT2D eigenvalue weighted by atomic mass is 10.1. The van der Waals surface area contributed by atoms with E-state index in [1.54, 1.807) is 36.4 Å². The smallest absolute Gasteiger partial charge is 0.329 e. The number of sulfonamides is 1. The van der Waals surface area contributed by atoms with Crippen LogP contribution in [0.2, 0.25) is 5.02 Å². The van der Waals surface area contributed by atoms with E-state index in [1.165, 1.54) is 34.8 Å². The summed E-state index contributed by atoms with van der Waals surface area (Å²) in [5, 5.41) is 6.65. The second kappa shape index (κ2) is 13.1. The summed E-state index contributed by atoms with van der Waals surface area (Å²) in [5.41, 5.74) is 4.44. The number of halogens is 2. The zero-order valence-corrected chi connectivity index (χ0v) is 24.3. The van der Waals surface area contributed by atoms with E-state index < -0.39 is 21.8 Å². The maximum absolute atomic E-state index is 13.5. The van der Waals surface area contributed by atoms with Gasteiger partial charge in [0.05, 0.1) is 17.7 Å². The third-order valence-electron chi connectivity index (χ3n) is 5.59. The van der Waals surface area contributed by atoms with Gasteiger partial charge in [-0.15, -0.1) is 0 Å². The molecular formula is C28H24BrClN4O5S. The highest BCUT2D eigenvalue weighted by atomic mass is 79.9. The van der Waals surface area contributed by atoms with Crippen LogP contribution < -0.4 is 10.7 Å². The fraction of sp³-hybridized carbons (Fsp3) is 0.107. The first-order chi connectivity index (χ1) is 19.1. The average Bonchev–Trinajstić information content (AvgIpc) is 3.37. The van der Waals surface area contributed by atoms with Crippen LogP contribution in [0.15, 0.2) is 104 Å². The van der Waals surface area contributed by atoms with Gasteiger partial charge >= 0.3 is 11.8 Å². The van der Waals surface area contributed by atoms with E-state index in [2.05, 4.69) is 31.8 Å². The molecular weight excluding hydrogens is 620 g/mol. The van der Waals surface area contributed by atoms with Crippen molar-refractivity contribution in [3.63, 3.8) is 0 Å². The number of carbonyl (C=O) groups is 2. The first-order valence-corrected chi connectivity index (χ1v) is 14.5. The highest BCUT2D eigenvalue weighted by Crippen LogP contribution is 2.23. The van der Waals surface area contributed by atoms with Gasteiger partial charge in [0.15, 0.2) is 0 Å². The van der Waals surface area contributed by atoms with Gasteiger partial charge in [0.2, 0.25) is 10.0 Å². The zero-order valence-electron chi connectivity index (χ0n) is 21.2. The van der Waals surface area contributed by atoms with Crippen molar-refractivity contribution in [2.75, 3.05) is 5.32 Å². The molecule has 0 spiro atoms. The second-order valence-electron chi connectivity index (χ2n) is 8.68. The first-order valence-electron chi connectivity index (χ1n) is 11.9. The van der Waals surface area contributed by atoms with E-state index >= 15 is 0 Å². The van der Waals surface area contributed by atoms with Gasteiger partial charge in [-0.1, -0.05) is 63.4 Å². The number of hydrogen-bond acceptors (Lipinski definition) is 6. The molecule has 1 heterocycles. The molecule has 0 fully saturated rings. The van der Waals surface area contributed by atoms with E-state index in [1.807, 2.05) is 31.2 Å². The number of hydrogen-bond donors (Lipinski definition) is 2. The Labute approximate surface area is 245 Å². The minimum Gasteiger partial charge on any atom is -0.459 e. The van der Waals surface area contributed by atoms with Crippen molar-refractivity contribution in [1.29, 1.82) is 0 Å². The highest BCUT2D eigenvalue weighted by Gasteiger charge is 2.26. The van der Waals surface area contributed by atoms with Crippen molar-refractivity contribution in [1.82, 2.24) is 9.73 Å². The minimum absolute atomic E-state index is 0.0614. The Morgan fingerprint density at radius 3 is 2.40 bits per heavy atom. The van der Waals surface area contributed by atoms with Crippen molar-refractivity contribution in [2.45, 2.75) is 24.9 Å². The van der Waals surface area contributed by atoms with Crippen LogP contribution in [0.4, 0.5) is 5.69 Å². The van der Waals surface area contributed by atoms with Gasteiger partial charge in [-0.05, 0) is 67.1 Å². The number of nitrogens with zero attached hydrogens (tertiary/aromatic N) is 2. The Kier molecular flexibility index (Phi) is 9.54. The molecule has 40 heavy (non-hydrogen) atoms. The van der Waals surface area contributed by atoms with Gasteiger partial charge in [0.25, 0.3) is 0 Å². The number of amides is 2. The van der Waals surface area contributed by atoms with Gasteiger partial charge < -0.3 is 9.73 Å². The lowest BCUT2D eigenvalue weighted by molar-refractivity contribution is -0.136. The van der Waals surface area contributed by atoms with E-state index in [0.717, 1.165) is 15.6 Å². The summed E-state index contributed by atoms with van der Waals surface area (Å²) < 4.78 is 34.8. The van der Waals surface area contributed by atoms with E-state index in [0.29, 0.717) is 16.5 Å². The summed E-state index contributed by atoms with van der Waals surface area (Å²) in [6.45, 7) is 2.00. The molecule has 0 aliphatic carbocycles. The number of rotatable bonds is 9. The molecule has 4 rings (SSSR count). The molecule has 0 saturated carbocycles. The molecule has 3 aromatic carbocycles. The Hall–Kier alpha value is -3.77. The molecule has 206 valence electrons. The van der Waals surface area contributed by atoms with Crippen LogP contribution in [-0.2, 0) is 32.7 Å². The van der Waals surface area contributed by atoms with Crippen LogP contribution in [0.3, 0.4) is 0 Å². The molecule has 2 N–H and O–H groups in total. The largest absolute Gasteiger partial charge is 0.459 e. The van der Waals surface area contributed by atoms with Crippen molar-refractivity contribution < 1.29 is 22.4 Å². The quantitative estimate of drug-likeness (QED) is 0.142. The van der Waals surface area contributed by atoms with Gasteiger partial charge in [0.1, 0.15) is 11.5 Å². The summed E-state index contributed by atoms with van der Waals surface area (Å²) in [6.07, 6.45) is 1.21. The van der Waals surface area contributed by atoms with Gasteiger partial charge in [-0.2, -0.15) is 9.41 Å². The Morgan fingerprint density at radius 2 is 1.70 bits per heavy atom. The molecule has 0 bridgehead atoms. The molecule has 0 unspecified atom stereocenters. The Morgan fingerprint density at radius 1 is 0.975 bits per heavy atom. The monoisotopic (exact) mass is 642 g/mol.